The number of carbonyl (C=O) groups is 1. The number of aromatic nitrogens is 4. The molecule has 1 aromatic carbocycles. The van der Waals surface area contributed by atoms with E-state index in [2.05, 4.69) is 25.7 Å². The van der Waals surface area contributed by atoms with Gasteiger partial charge in [0, 0.05) is 36.8 Å². The molecule has 116 valence electrons. The van der Waals surface area contributed by atoms with E-state index in [1.165, 1.54) is 6.92 Å². The summed E-state index contributed by atoms with van der Waals surface area (Å²) in [4.78, 5) is 19.8. The molecule has 0 radical (unpaired) electrons. The summed E-state index contributed by atoms with van der Waals surface area (Å²) in [6.07, 6.45) is 3.53. The van der Waals surface area contributed by atoms with Crippen molar-refractivity contribution in [3.63, 3.8) is 0 Å². The van der Waals surface area contributed by atoms with Crippen LogP contribution in [0.3, 0.4) is 0 Å². The fourth-order valence-corrected chi connectivity index (χ4v) is 2.13. The Hall–Kier alpha value is -3.22. The van der Waals surface area contributed by atoms with Crippen molar-refractivity contribution in [1.82, 2.24) is 19.7 Å². The Morgan fingerprint density at radius 3 is 2.52 bits per heavy atom. The third-order valence-corrected chi connectivity index (χ3v) is 3.04. The predicted octanol–water partition coefficient (Wildman–Crippen LogP) is 2.67. The number of amides is 1. The zero-order valence-electron chi connectivity index (χ0n) is 12.8. The average Bonchev–Trinajstić information content (AvgIpc) is 3.02. The van der Waals surface area contributed by atoms with Crippen LogP contribution >= 0.6 is 0 Å². The van der Waals surface area contributed by atoms with Crippen molar-refractivity contribution in [3.05, 3.63) is 54.6 Å². The molecule has 2 N–H and O–H groups in total. The Morgan fingerprint density at radius 2 is 1.87 bits per heavy atom. The standard InChI is InChI=1S/C16H16N6O/c1-11-18-15(10-16(19-11)22-9-3-8-17-22)21-14-6-4-13(5-7-14)20-12(2)23/h3-10H,1-2H3,(H,20,23)(H,18,19,21). The van der Waals surface area contributed by atoms with Gasteiger partial charge >= 0.3 is 0 Å². The highest BCUT2D eigenvalue weighted by Gasteiger charge is 2.05. The van der Waals surface area contributed by atoms with Gasteiger partial charge in [0.05, 0.1) is 0 Å². The molecule has 3 rings (SSSR count). The van der Waals surface area contributed by atoms with Crippen LogP contribution in [-0.2, 0) is 4.79 Å². The Balaban J connectivity index is 1.81. The van der Waals surface area contributed by atoms with Crippen LogP contribution in [0.2, 0.25) is 0 Å². The Kier molecular flexibility index (Phi) is 4.01. The number of anilines is 3. The zero-order valence-corrected chi connectivity index (χ0v) is 12.8. The maximum atomic E-state index is 11.0. The number of carbonyl (C=O) groups excluding carboxylic acids is 1. The summed E-state index contributed by atoms with van der Waals surface area (Å²) >= 11 is 0. The number of aryl methyl sites for hydroxylation is 1. The maximum absolute atomic E-state index is 11.0. The lowest BCUT2D eigenvalue weighted by Gasteiger charge is -2.09. The van der Waals surface area contributed by atoms with Crippen molar-refractivity contribution in [2.75, 3.05) is 10.6 Å². The van der Waals surface area contributed by atoms with Gasteiger partial charge in [-0.25, -0.2) is 14.6 Å². The third kappa shape index (κ3) is 3.70. The van der Waals surface area contributed by atoms with Crippen LogP contribution in [0.15, 0.2) is 48.8 Å². The minimum absolute atomic E-state index is 0.0963. The van der Waals surface area contributed by atoms with Crippen LogP contribution in [0, 0.1) is 6.92 Å². The van der Waals surface area contributed by atoms with Crippen molar-refractivity contribution < 1.29 is 4.79 Å². The number of hydrogen-bond donors (Lipinski definition) is 2. The van der Waals surface area contributed by atoms with Crippen LogP contribution in [0.1, 0.15) is 12.7 Å². The van der Waals surface area contributed by atoms with Gasteiger partial charge in [-0.2, -0.15) is 5.10 Å². The summed E-state index contributed by atoms with van der Waals surface area (Å²) in [6.45, 7) is 3.31. The SMILES string of the molecule is CC(=O)Nc1ccc(Nc2cc(-n3cccn3)nc(C)n2)cc1. The summed E-state index contributed by atoms with van der Waals surface area (Å²) in [5.74, 6) is 1.92. The van der Waals surface area contributed by atoms with Gasteiger partial charge < -0.3 is 10.6 Å². The van der Waals surface area contributed by atoms with E-state index in [9.17, 15) is 4.79 Å². The molecule has 7 nitrogen and oxygen atoms in total. The van der Waals surface area contributed by atoms with Crippen LogP contribution in [0.4, 0.5) is 17.2 Å². The predicted molar refractivity (Wildman–Crippen MR) is 87.9 cm³/mol. The molecule has 0 atom stereocenters. The highest BCUT2D eigenvalue weighted by Crippen LogP contribution is 2.19. The van der Waals surface area contributed by atoms with Gasteiger partial charge in [-0.3, -0.25) is 4.79 Å². The van der Waals surface area contributed by atoms with E-state index in [-0.39, 0.29) is 5.91 Å². The fourth-order valence-electron chi connectivity index (χ4n) is 2.13. The van der Waals surface area contributed by atoms with Gasteiger partial charge in [-0.15, -0.1) is 0 Å². The number of nitrogens with one attached hydrogen (secondary N) is 2. The Morgan fingerprint density at radius 1 is 1.13 bits per heavy atom. The molecule has 0 saturated carbocycles. The van der Waals surface area contributed by atoms with E-state index in [1.54, 1.807) is 10.9 Å². The molecule has 0 bridgehead atoms. The van der Waals surface area contributed by atoms with Gasteiger partial charge in [0.1, 0.15) is 11.6 Å². The summed E-state index contributed by atoms with van der Waals surface area (Å²) in [6, 6.07) is 11.1. The largest absolute Gasteiger partial charge is 0.340 e. The summed E-state index contributed by atoms with van der Waals surface area (Å²) < 4.78 is 1.68. The summed E-state index contributed by atoms with van der Waals surface area (Å²) in [7, 11) is 0. The van der Waals surface area contributed by atoms with Crippen molar-refractivity contribution in [2.45, 2.75) is 13.8 Å². The molecule has 23 heavy (non-hydrogen) atoms. The number of hydrogen-bond acceptors (Lipinski definition) is 5. The first-order chi connectivity index (χ1) is 11.1. The van der Waals surface area contributed by atoms with E-state index < -0.39 is 0 Å². The molecule has 1 amide bonds. The number of nitrogens with zero attached hydrogens (tertiary/aromatic N) is 4. The van der Waals surface area contributed by atoms with Gasteiger partial charge in [0.2, 0.25) is 5.91 Å². The molecule has 0 saturated heterocycles. The van der Waals surface area contributed by atoms with Gasteiger partial charge in [-0.1, -0.05) is 0 Å². The molecule has 0 fully saturated rings. The van der Waals surface area contributed by atoms with Crippen molar-refractivity contribution >= 4 is 23.1 Å². The molecule has 0 spiro atoms. The molecule has 7 heteroatoms. The topological polar surface area (TPSA) is 84.7 Å². The first-order valence-corrected chi connectivity index (χ1v) is 7.10. The van der Waals surface area contributed by atoms with Gasteiger partial charge in [0.25, 0.3) is 0 Å². The second-order valence-corrected chi connectivity index (χ2v) is 4.99. The summed E-state index contributed by atoms with van der Waals surface area (Å²) in [5.41, 5.74) is 1.61. The number of benzene rings is 1. The first-order valence-electron chi connectivity index (χ1n) is 7.10. The second kappa shape index (κ2) is 6.27. The van der Waals surface area contributed by atoms with Gasteiger partial charge in [0.15, 0.2) is 5.82 Å². The van der Waals surface area contributed by atoms with E-state index in [0.717, 1.165) is 11.4 Å². The highest BCUT2D eigenvalue weighted by molar-refractivity contribution is 5.88. The number of rotatable bonds is 4. The van der Waals surface area contributed by atoms with E-state index in [1.807, 2.05) is 49.5 Å². The fraction of sp³-hybridized carbons (Fsp3) is 0.125. The highest BCUT2D eigenvalue weighted by atomic mass is 16.1. The lowest BCUT2D eigenvalue weighted by atomic mass is 10.2. The minimum atomic E-state index is -0.0963. The molecule has 2 aromatic heterocycles. The van der Waals surface area contributed by atoms with Crippen molar-refractivity contribution in [1.29, 1.82) is 0 Å². The molecule has 0 aliphatic carbocycles. The molecule has 0 aliphatic rings. The lowest BCUT2D eigenvalue weighted by Crippen LogP contribution is -2.06. The van der Waals surface area contributed by atoms with Crippen LogP contribution in [0.25, 0.3) is 5.82 Å². The van der Waals surface area contributed by atoms with Gasteiger partial charge in [-0.05, 0) is 37.3 Å². The molecular formula is C16H16N6O. The quantitative estimate of drug-likeness (QED) is 0.774. The van der Waals surface area contributed by atoms with E-state index in [4.69, 9.17) is 0 Å². The van der Waals surface area contributed by atoms with Crippen LogP contribution < -0.4 is 10.6 Å². The molecular weight excluding hydrogens is 292 g/mol. The van der Waals surface area contributed by atoms with Crippen LogP contribution in [0.5, 0.6) is 0 Å². The Bertz CT molecular complexity index is 811. The monoisotopic (exact) mass is 308 g/mol. The normalized spacial score (nSPS) is 10.3. The third-order valence-electron chi connectivity index (χ3n) is 3.04. The minimum Gasteiger partial charge on any atom is -0.340 e. The average molecular weight is 308 g/mol. The molecule has 2 heterocycles. The Labute approximate surface area is 133 Å². The van der Waals surface area contributed by atoms with Crippen molar-refractivity contribution in [2.24, 2.45) is 0 Å². The van der Waals surface area contributed by atoms with Crippen LogP contribution in [-0.4, -0.2) is 25.7 Å². The first kappa shape index (κ1) is 14.7. The molecule has 0 unspecified atom stereocenters. The van der Waals surface area contributed by atoms with Crippen molar-refractivity contribution in [3.8, 4) is 5.82 Å². The van der Waals surface area contributed by atoms with E-state index in [0.29, 0.717) is 17.5 Å². The maximum Gasteiger partial charge on any atom is 0.221 e. The lowest BCUT2D eigenvalue weighted by molar-refractivity contribution is -0.114. The molecule has 3 aromatic rings. The zero-order chi connectivity index (χ0) is 16.2. The molecule has 0 aliphatic heterocycles. The summed E-state index contributed by atoms with van der Waals surface area (Å²) in [5, 5.41) is 10.1. The van der Waals surface area contributed by atoms with E-state index >= 15 is 0 Å². The smallest absolute Gasteiger partial charge is 0.221 e. The second-order valence-electron chi connectivity index (χ2n) is 4.99.